The third-order valence-corrected chi connectivity index (χ3v) is 4.57. The van der Waals surface area contributed by atoms with Gasteiger partial charge in [-0.1, -0.05) is 18.2 Å². The molecule has 0 spiro atoms. The molecule has 1 aliphatic rings. The van der Waals surface area contributed by atoms with Gasteiger partial charge in [-0.05, 0) is 55.2 Å². The smallest absolute Gasteiger partial charge is 0.251 e. The molecular weight excluding hydrogens is 330 g/mol. The summed E-state index contributed by atoms with van der Waals surface area (Å²) >= 11 is 0. The number of rotatable bonds is 6. The molecule has 26 heavy (non-hydrogen) atoms. The lowest BCUT2D eigenvalue weighted by atomic mass is 9.99. The zero-order valence-electron chi connectivity index (χ0n) is 15.1. The van der Waals surface area contributed by atoms with E-state index in [4.69, 9.17) is 9.47 Å². The standard InChI is InChI=1S/C21H23NO4/c1-14(23)19-12-17(9-10-20(19)25-2)15-5-7-16(8-6-15)21(24)22-13-18-4-3-11-26-18/h5-10,12,18H,3-4,11,13H2,1-2H3,(H,22,24)/t18-/m1/s1. The van der Waals surface area contributed by atoms with Crippen molar-refractivity contribution in [1.29, 1.82) is 0 Å². The number of carbonyl (C=O) groups is 2. The molecule has 2 aromatic carbocycles. The topological polar surface area (TPSA) is 64.6 Å². The SMILES string of the molecule is COc1ccc(-c2ccc(C(=O)NC[C@H]3CCCO3)cc2)cc1C(C)=O. The first-order valence-electron chi connectivity index (χ1n) is 8.77. The van der Waals surface area contributed by atoms with Crippen LogP contribution in [0, 0.1) is 0 Å². The predicted molar refractivity (Wildman–Crippen MR) is 99.7 cm³/mol. The maximum Gasteiger partial charge on any atom is 0.251 e. The van der Waals surface area contributed by atoms with Crippen molar-refractivity contribution in [2.45, 2.75) is 25.9 Å². The number of hydrogen-bond donors (Lipinski definition) is 1. The minimum Gasteiger partial charge on any atom is -0.496 e. The Morgan fingerprint density at radius 2 is 1.88 bits per heavy atom. The highest BCUT2D eigenvalue weighted by Gasteiger charge is 2.17. The molecule has 2 aromatic rings. The van der Waals surface area contributed by atoms with Crippen molar-refractivity contribution in [3.8, 4) is 16.9 Å². The van der Waals surface area contributed by atoms with Crippen LogP contribution in [0.25, 0.3) is 11.1 Å². The van der Waals surface area contributed by atoms with Crippen molar-refractivity contribution in [2.75, 3.05) is 20.3 Å². The summed E-state index contributed by atoms with van der Waals surface area (Å²) in [6.07, 6.45) is 2.18. The van der Waals surface area contributed by atoms with Gasteiger partial charge in [0.25, 0.3) is 5.91 Å². The van der Waals surface area contributed by atoms with Crippen molar-refractivity contribution >= 4 is 11.7 Å². The lowest BCUT2D eigenvalue weighted by Crippen LogP contribution is -2.31. The van der Waals surface area contributed by atoms with Gasteiger partial charge in [-0.2, -0.15) is 0 Å². The molecule has 1 saturated heterocycles. The van der Waals surface area contributed by atoms with Gasteiger partial charge in [-0.3, -0.25) is 9.59 Å². The Bertz CT molecular complexity index is 792. The molecule has 0 aliphatic carbocycles. The van der Waals surface area contributed by atoms with Crippen LogP contribution in [0.15, 0.2) is 42.5 Å². The van der Waals surface area contributed by atoms with E-state index in [1.54, 1.807) is 25.3 Å². The van der Waals surface area contributed by atoms with E-state index < -0.39 is 0 Å². The van der Waals surface area contributed by atoms with Crippen LogP contribution >= 0.6 is 0 Å². The lowest BCUT2D eigenvalue weighted by molar-refractivity contribution is 0.0857. The second kappa shape index (κ2) is 8.15. The third kappa shape index (κ3) is 4.11. The average molecular weight is 353 g/mol. The molecule has 1 heterocycles. The number of methoxy groups -OCH3 is 1. The monoisotopic (exact) mass is 353 g/mol. The first kappa shape index (κ1) is 18.1. The number of nitrogens with one attached hydrogen (secondary N) is 1. The van der Waals surface area contributed by atoms with Gasteiger partial charge in [0.15, 0.2) is 5.78 Å². The van der Waals surface area contributed by atoms with Crippen LogP contribution in [0.4, 0.5) is 0 Å². The fourth-order valence-corrected chi connectivity index (χ4v) is 3.09. The molecule has 5 heteroatoms. The minimum absolute atomic E-state index is 0.0474. The predicted octanol–water partition coefficient (Wildman–Crippen LogP) is 3.47. The Morgan fingerprint density at radius 1 is 1.15 bits per heavy atom. The summed E-state index contributed by atoms with van der Waals surface area (Å²) < 4.78 is 10.7. The summed E-state index contributed by atoms with van der Waals surface area (Å²) in [7, 11) is 1.55. The maximum absolute atomic E-state index is 12.2. The van der Waals surface area contributed by atoms with Crippen molar-refractivity contribution < 1.29 is 19.1 Å². The molecule has 0 aromatic heterocycles. The van der Waals surface area contributed by atoms with Crippen molar-refractivity contribution in [3.63, 3.8) is 0 Å². The molecule has 0 saturated carbocycles. The van der Waals surface area contributed by atoms with Gasteiger partial charge < -0.3 is 14.8 Å². The fraction of sp³-hybridized carbons (Fsp3) is 0.333. The van der Waals surface area contributed by atoms with Crippen molar-refractivity contribution in [3.05, 3.63) is 53.6 Å². The Balaban J connectivity index is 1.71. The highest BCUT2D eigenvalue weighted by Crippen LogP contribution is 2.27. The van der Waals surface area contributed by atoms with Crippen LogP contribution in [-0.2, 0) is 4.74 Å². The molecule has 136 valence electrons. The minimum atomic E-state index is -0.105. The number of amides is 1. The number of carbonyl (C=O) groups excluding carboxylic acids is 2. The molecule has 1 amide bonds. The molecule has 0 unspecified atom stereocenters. The van der Waals surface area contributed by atoms with E-state index in [1.165, 1.54) is 6.92 Å². The molecule has 1 atom stereocenters. The van der Waals surface area contributed by atoms with Gasteiger partial charge in [0.1, 0.15) is 5.75 Å². The summed E-state index contributed by atoms with van der Waals surface area (Å²) in [5.41, 5.74) is 2.99. The van der Waals surface area contributed by atoms with E-state index in [2.05, 4.69) is 5.32 Å². The molecule has 0 bridgehead atoms. The second-order valence-corrected chi connectivity index (χ2v) is 6.39. The van der Waals surface area contributed by atoms with Gasteiger partial charge in [-0.25, -0.2) is 0 Å². The van der Waals surface area contributed by atoms with E-state index in [0.717, 1.165) is 30.6 Å². The Morgan fingerprint density at radius 3 is 2.50 bits per heavy atom. The normalized spacial score (nSPS) is 16.3. The summed E-state index contributed by atoms with van der Waals surface area (Å²) in [5, 5.41) is 2.91. The van der Waals surface area contributed by atoms with Crippen LogP contribution in [0.1, 0.15) is 40.5 Å². The summed E-state index contributed by atoms with van der Waals surface area (Å²) in [6, 6.07) is 12.8. The van der Waals surface area contributed by atoms with Crippen molar-refractivity contribution in [2.24, 2.45) is 0 Å². The molecule has 0 radical (unpaired) electrons. The molecule has 1 aliphatic heterocycles. The maximum atomic E-state index is 12.2. The van der Waals surface area contributed by atoms with Gasteiger partial charge in [0.05, 0.1) is 18.8 Å². The van der Waals surface area contributed by atoms with Gasteiger partial charge in [-0.15, -0.1) is 0 Å². The number of Topliss-reactive ketones (excluding diaryl/α,β-unsaturated/α-hetero) is 1. The Kier molecular flexibility index (Phi) is 5.68. The van der Waals surface area contributed by atoms with E-state index in [1.807, 2.05) is 24.3 Å². The molecule has 3 rings (SSSR count). The van der Waals surface area contributed by atoms with Crippen LogP contribution in [-0.4, -0.2) is 38.1 Å². The quantitative estimate of drug-likeness (QED) is 0.808. The first-order chi connectivity index (χ1) is 12.6. The average Bonchev–Trinajstić information content (AvgIpc) is 3.19. The highest BCUT2D eigenvalue weighted by atomic mass is 16.5. The highest BCUT2D eigenvalue weighted by molar-refractivity contribution is 5.98. The fourth-order valence-electron chi connectivity index (χ4n) is 3.09. The van der Waals surface area contributed by atoms with E-state index in [0.29, 0.717) is 23.4 Å². The van der Waals surface area contributed by atoms with Crippen LogP contribution < -0.4 is 10.1 Å². The van der Waals surface area contributed by atoms with Gasteiger partial charge in [0.2, 0.25) is 0 Å². The Hall–Kier alpha value is -2.66. The van der Waals surface area contributed by atoms with Crippen LogP contribution in [0.2, 0.25) is 0 Å². The lowest BCUT2D eigenvalue weighted by Gasteiger charge is -2.11. The summed E-state index contributed by atoms with van der Waals surface area (Å²) in [5.74, 6) is 0.409. The van der Waals surface area contributed by atoms with Crippen molar-refractivity contribution in [1.82, 2.24) is 5.32 Å². The van der Waals surface area contributed by atoms with Crippen LogP contribution in [0.3, 0.4) is 0 Å². The molecular formula is C21H23NO4. The summed E-state index contributed by atoms with van der Waals surface area (Å²) in [6.45, 7) is 2.84. The van der Waals surface area contributed by atoms with Crippen LogP contribution in [0.5, 0.6) is 5.75 Å². The van der Waals surface area contributed by atoms with Gasteiger partial charge >= 0.3 is 0 Å². The van der Waals surface area contributed by atoms with E-state index in [-0.39, 0.29) is 17.8 Å². The largest absolute Gasteiger partial charge is 0.496 e. The zero-order chi connectivity index (χ0) is 18.5. The molecule has 5 nitrogen and oxygen atoms in total. The van der Waals surface area contributed by atoms with Gasteiger partial charge in [0, 0.05) is 18.7 Å². The summed E-state index contributed by atoms with van der Waals surface area (Å²) in [4.78, 5) is 24.0. The first-order valence-corrected chi connectivity index (χ1v) is 8.77. The second-order valence-electron chi connectivity index (χ2n) is 6.39. The molecule has 1 fully saturated rings. The van der Waals surface area contributed by atoms with E-state index in [9.17, 15) is 9.59 Å². The Labute approximate surface area is 153 Å². The third-order valence-electron chi connectivity index (χ3n) is 4.57. The number of ketones is 1. The number of hydrogen-bond acceptors (Lipinski definition) is 4. The van der Waals surface area contributed by atoms with E-state index >= 15 is 0 Å². The number of ether oxygens (including phenoxy) is 2. The zero-order valence-corrected chi connectivity index (χ0v) is 15.1. The molecule has 1 N–H and O–H groups in total. The number of benzene rings is 2.